The van der Waals surface area contributed by atoms with E-state index < -0.39 is 0 Å². The van der Waals surface area contributed by atoms with Gasteiger partial charge in [-0.05, 0) is 65.2 Å². The van der Waals surface area contributed by atoms with Gasteiger partial charge in [0.25, 0.3) is 0 Å². The highest BCUT2D eigenvalue weighted by Gasteiger charge is 2.18. The van der Waals surface area contributed by atoms with E-state index >= 15 is 0 Å². The molecule has 146 valence electrons. The molecule has 2 N–H and O–H groups in total. The van der Waals surface area contributed by atoms with E-state index in [1.54, 1.807) is 7.11 Å². The fourth-order valence-corrected chi connectivity index (χ4v) is 3.20. The summed E-state index contributed by atoms with van der Waals surface area (Å²) in [7, 11) is 1.62. The second kappa shape index (κ2) is 8.37. The van der Waals surface area contributed by atoms with Crippen molar-refractivity contribution in [1.29, 1.82) is 0 Å². The van der Waals surface area contributed by atoms with Gasteiger partial charge in [-0.1, -0.05) is 6.07 Å². The van der Waals surface area contributed by atoms with E-state index in [-0.39, 0.29) is 18.9 Å². The van der Waals surface area contributed by atoms with E-state index in [0.717, 1.165) is 27.1 Å². The summed E-state index contributed by atoms with van der Waals surface area (Å²) in [6, 6.07) is 9.66. The summed E-state index contributed by atoms with van der Waals surface area (Å²) in [6.45, 7) is 5.18. The number of ether oxygens (including phenoxy) is 4. The molecule has 0 amide bonds. The van der Waals surface area contributed by atoms with Crippen LogP contribution in [0.1, 0.15) is 25.0 Å². The molecule has 0 bridgehead atoms. The molecule has 1 aliphatic heterocycles. The number of benzene rings is 2. The molecule has 27 heavy (non-hydrogen) atoms. The number of aliphatic hydroxyl groups is 1. The van der Waals surface area contributed by atoms with Crippen LogP contribution in [0.5, 0.6) is 23.0 Å². The first-order chi connectivity index (χ1) is 12.9. The lowest BCUT2D eigenvalue weighted by atomic mass is 10.1. The molecule has 0 atom stereocenters. The Morgan fingerprint density at radius 3 is 2.67 bits per heavy atom. The smallest absolute Gasteiger partial charge is 0.231 e. The Bertz CT molecular complexity index is 809. The van der Waals surface area contributed by atoms with E-state index in [9.17, 15) is 5.11 Å². The van der Waals surface area contributed by atoms with Gasteiger partial charge >= 0.3 is 0 Å². The van der Waals surface area contributed by atoms with Gasteiger partial charge in [0.05, 0.1) is 18.2 Å². The molecule has 0 saturated carbocycles. The Balaban J connectivity index is 1.71. The number of hydrogen-bond donors (Lipinski definition) is 2. The molecule has 1 heterocycles. The van der Waals surface area contributed by atoms with Crippen molar-refractivity contribution < 1.29 is 24.1 Å². The van der Waals surface area contributed by atoms with Gasteiger partial charge in [-0.3, -0.25) is 0 Å². The Morgan fingerprint density at radius 2 is 1.93 bits per heavy atom. The third-order valence-corrected chi connectivity index (χ3v) is 4.86. The van der Waals surface area contributed by atoms with Crippen molar-refractivity contribution in [1.82, 2.24) is 5.32 Å². The summed E-state index contributed by atoms with van der Waals surface area (Å²) in [6.07, 6.45) is 0. The lowest BCUT2D eigenvalue weighted by Crippen LogP contribution is -2.42. The van der Waals surface area contributed by atoms with Crippen LogP contribution in [0.15, 0.2) is 34.8 Å². The van der Waals surface area contributed by atoms with Crippen LogP contribution in [0, 0.1) is 0 Å². The monoisotopic (exact) mass is 437 g/mol. The van der Waals surface area contributed by atoms with Gasteiger partial charge in [0.1, 0.15) is 6.61 Å². The maximum absolute atomic E-state index is 9.37. The molecular weight excluding hydrogens is 414 g/mol. The van der Waals surface area contributed by atoms with Crippen molar-refractivity contribution in [2.45, 2.75) is 32.5 Å². The van der Waals surface area contributed by atoms with E-state index in [2.05, 4.69) is 21.2 Å². The SMILES string of the molecule is COc1cc(CNC(C)(C)CO)cc(Br)c1OCc1ccc2c(c1)OCO2. The minimum atomic E-state index is -0.353. The minimum absolute atomic E-state index is 0.0576. The molecule has 6 nitrogen and oxygen atoms in total. The molecule has 0 saturated heterocycles. The maximum atomic E-state index is 9.37. The van der Waals surface area contributed by atoms with Gasteiger partial charge in [-0.15, -0.1) is 0 Å². The van der Waals surface area contributed by atoms with Crippen molar-refractivity contribution in [3.05, 3.63) is 45.9 Å². The predicted molar refractivity (Wildman–Crippen MR) is 106 cm³/mol. The normalized spacial score (nSPS) is 12.9. The number of nitrogens with one attached hydrogen (secondary N) is 1. The van der Waals surface area contributed by atoms with Gasteiger partial charge < -0.3 is 29.4 Å². The number of aliphatic hydroxyl groups excluding tert-OH is 1. The zero-order valence-electron chi connectivity index (χ0n) is 15.7. The molecule has 0 unspecified atom stereocenters. The molecule has 2 aromatic carbocycles. The van der Waals surface area contributed by atoms with Gasteiger partial charge in [0, 0.05) is 12.1 Å². The molecule has 2 aromatic rings. The van der Waals surface area contributed by atoms with Crippen molar-refractivity contribution in [3.63, 3.8) is 0 Å². The molecule has 3 rings (SSSR count). The van der Waals surface area contributed by atoms with Crippen molar-refractivity contribution >= 4 is 15.9 Å². The summed E-state index contributed by atoms with van der Waals surface area (Å²) in [5.74, 6) is 2.76. The molecule has 0 radical (unpaired) electrons. The Labute approximate surface area is 167 Å². The third-order valence-electron chi connectivity index (χ3n) is 4.28. The molecule has 7 heteroatoms. The van der Waals surface area contributed by atoms with E-state index in [1.807, 2.05) is 44.2 Å². The lowest BCUT2D eigenvalue weighted by molar-refractivity contribution is 0.174. The maximum Gasteiger partial charge on any atom is 0.231 e. The third kappa shape index (κ3) is 4.86. The first-order valence-electron chi connectivity index (χ1n) is 8.65. The van der Waals surface area contributed by atoms with Crippen LogP contribution in [0.2, 0.25) is 0 Å². The zero-order chi connectivity index (χ0) is 19.4. The van der Waals surface area contributed by atoms with Gasteiger partial charge in [-0.25, -0.2) is 0 Å². The summed E-state index contributed by atoms with van der Waals surface area (Å²) in [4.78, 5) is 0. The summed E-state index contributed by atoms with van der Waals surface area (Å²) in [5, 5.41) is 12.7. The molecule has 0 aromatic heterocycles. The van der Waals surface area contributed by atoms with Crippen LogP contribution < -0.4 is 24.3 Å². The average molecular weight is 438 g/mol. The van der Waals surface area contributed by atoms with E-state index in [1.165, 1.54) is 0 Å². The van der Waals surface area contributed by atoms with Crippen LogP contribution in [0.25, 0.3) is 0 Å². The van der Waals surface area contributed by atoms with Crippen LogP contribution >= 0.6 is 15.9 Å². The second-order valence-electron chi connectivity index (χ2n) is 6.98. The standard InChI is InChI=1S/C20H24BrNO5/c1-20(2,11-23)22-9-14-6-15(21)19(18(8-14)24-3)25-10-13-4-5-16-17(7-13)27-12-26-16/h4-8,22-23H,9-12H2,1-3H3. The number of methoxy groups -OCH3 is 1. The van der Waals surface area contributed by atoms with E-state index in [0.29, 0.717) is 24.7 Å². The van der Waals surface area contributed by atoms with Gasteiger partial charge in [0.15, 0.2) is 23.0 Å². The van der Waals surface area contributed by atoms with Crippen LogP contribution in [0.3, 0.4) is 0 Å². The predicted octanol–water partition coefficient (Wildman–Crippen LogP) is 3.63. The van der Waals surface area contributed by atoms with Crippen LogP contribution in [-0.4, -0.2) is 31.2 Å². The quantitative estimate of drug-likeness (QED) is 0.656. The minimum Gasteiger partial charge on any atom is -0.493 e. The summed E-state index contributed by atoms with van der Waals surface area (Å²) in [5.41, 5.74) is 1.65. The Morgan fingerprint density at radius 1 is 1.15 bits per heavy atom. The Hall–Kier alpha value is -1.96. The zero-order valence-corrected chi connectivity index (χ0v) is 17.3. The highest BCUT2D eigenvalue weighted by Crippen LogP contribution is 2.38. The number of fused-ring (bicyclic) bond motifs is 1. The summed E-state index contributed by atoms with van der Waals surface area (Å²) < 4.78 is 23.0. The highest BCUT2D eigenvalue weighted by atomic mass is 79.9. The van der Waals surface area contributed by atoms with Gasteiger partial charge in [0.2, 0.25) is 6.79 Å². The molecule has 0 aliphatic carbocycles. The van der Waals surface area contributed by atoms with Crippen molar-refractivity contribution in [2.75, 3.05) is 20.5 Å². The highest BCUT2D eigenvalue weighted by molar-refractivity contribution is 9.10. The van der Waals surface area contributed by atoms with E-state index in [4.69, 9.17) is 18.9 Å². The Kier molecular flexibility index (Phi) is 6.14. The largest absolute Gasteiger partial charge is 0.493 e. The first kappa shape index (κ1) is 19.8. The number of rotatable bonds is 8. The van der Waals surface area contributed by atoms with Crippen molar-refractivity contribution in [2.24, 2.45) is 0 Å². The average Bonchev–Trinajstić information content (AvgIpc) is 3.13. The molecular formula is C20H24BrNO5. The van der Waals surface area contributed by atoms with Crippen molar-refractivity contribution in [3.8, 4) is 23.0 Å². The molecule has 0 fully saturated rings. The number of halogens is 1. The fraction of sp³-hybridized carbons (Fsp3) is 0.400. The number of hydrogen-bond acceptors (Lipinski definition) is 6. The summed E-state index contributed by atoms with van der Waals surface area (Å²) >= 11 is 3.57. The fourth-order valence-electron chi connectivity index (χ4n) is 2.60. The lowest BCUT2D eigenvalue weighted by Gasteiger charge is -2.24. The topological polar surface area (TPSA) is 69.2 Å². The molecule has 0 spiro atoms. The van der Waals surface area contributed by atoms with Gasteiger partial charge in [-0.2, -0.15) is 0 Å². The second-order valence-corrected chi connectivity index (χ2v) is 7.84. The molecule has 1 aliphatic rings. The van der Waals surface area contributed by atoms with Crippen LogP contribution in [0.4, 0.5) is 0 Å². The van der Waals surface area contributed by atoms with Crippen LogP contribution in [-0.2, 0) is 13.2 Å². The first-order valence-corrected chi connectivity index (χ1v) is 9.45.